The number of carbonyl (C=O) groups is 2. The SMILES string of the molecule is COc1ccccc1CNC(=O)C1CCC(C(=O)NC2CCCC2)CC1. The second-order valence-electron chi connectivity index (χ2n) is 7.57. The number of carbonyl (C=O) groups excluding carboxylic acids is 2. The summed E-state index contributed by atoms with van der Waals surface area (Å²) in [7, 11) is 1.64. The fraction of sp³-hybridized carbons (Fsp3) is 0.619. The predicted molar refractivity (Wildman–Crippen MR) is 101 cm³/mol. The number of methoxy groups -OCH3 is 1. The molecule has 2 N–H and O–H groups in total. The zero-order valence-corrected chi connectivity index (χ0v) is 15.6. The van der Waals surface area contributed by atoms with Gasteiger partial charge in [-0.1, -0.05) is 31.0 Å². The molecule has 1 aromatic carbocycles. The van der Waals surface area contributed by atoms with Crippen molar-refractivity contribution in [2.24, 2.45) is 11.8 Å². The minimum absolute atomic E-state index is 0.0141. The third-order valence-electron chi connectivity index (χ3n) is 5.82. The number of hydrogen-bond donors (Lipinski definition) is 2. The second-order valence-corrected chi connectivity index (χ2v) is 7.57. The van der Waals surface area contributed by atoms with Gasteiger partial charge in [-0.25, -0.2) is 0 Å². The Bertz CT molecular complexity index is 617. The zero-order chi connectivity index (χ0) is 18.4. The van der Waals surface area contributed by atoms with Gasteiger partial charge >= 0.3 is 0 Å². The van der Waals surface area contributed by atoms with Crippen LogP contribution in [0.15, 0.2) is 24.3 Å². The zero-order valence-electron chi connectivity index (χ0n) is 15.6. The van der Waals surface area contributed by atoms with Gasteiger partial charge in [-0.3, -0.25) is 9.59 Å². The van der Waals surface area contributed by atoms with Crippen molar-refractivity contribution in [2.75, 3.05) is 7.11 Å². The highest BCUT2D eigenvalue weighted by molar-refractivity contribution is 5.81. The smallest absolute Gasteiger partial charge is 0.223 e. The number of rotatable bonds is 6. The van der Waals surface area contributed by atoms with Crippen molar-refractivity contribution >= 4 is 11.8 Å². The van der Waals surface area contributed by atoms with E-state index in [9.17, 15) is 9.59 Å². The number of benzene rings is 1. The topological polar surface area (TPSA) is 67.4 Å². The summed E-state index contributed by atoms with van der Waals surface area (Å²) in [5, 5.41) is 6.23. The molecule has 2 saturated carbocycles. The van der Waals surface area contributed by atoms with Crippen LogP contribution in [-0.4, -0.2) is 25.0 Å². The maximum absolute atomic E-state index is 12.5. The minimum Gasteiger partial charge on any atom is -0.496 e. The molecular weight excluding hydrogens is 328 g/mol. The molecule has 5 heteroatoms. The summed E-state index contributed by atoms with van der Waals surface area (Å²) in [4.78, 5) is 24.9. The van der Waals surface area contributed by atoms with Crippen LogP contribution in [-0.2, 0) is 16.1 Å². The average Bonchev–Trinajstić information content (AvgIpc) is 3.19. The highest BCUT2D eigenvalue weighted by atomic mass is 16.5. The van der Waals surface area contributed by atoms with Crippen LogP contribution < -0.4 is 15.4 Å². The minimum atomic E-state index is 0.0141. The summed E-state index contributed by atoms with van der Waals surface area (Å²) in [6.45, 7) is 0.477. The van der Waals surface area contributed by atoms with Crippen LogP contribution in [0.1, 0.15) is 56.9 Å². The first kappa shape index (κ1) is 18.7. The van der Waals surface area contributed by atoms with Crippen LogP contribution in [0.2, 0.25) is 0 Å². The van der Waals surface area contributed by atoms with E-state index in [4.69, 9.17) is 4.74 Å². The van der Waals surface area contributed by atoms with E-state index in [1.165, 1.54) is 12.8 Å². The molecule has 0 spiro atoms. The number of nitrogens with one attached hydrogen (secondary N) is 2. The summed E-state index contributed by atoms with van der Waals surface area (Å²) in [5.74, 6) is 1.17. The average molecular weight is 358 g/mol. The summed E-state index contributed by atoms with van der Waals surface area (Å²) < 4.78 is 5.32. The van der Waals surface area contributed by atoms with E-state index >= 15 is 0 Å². The van der Waals surface area contributed by atoms with E-state index in [0.29, 0.717) is 12.6 Å². The van der Waals surface area contributed by atoms with Crippen LogP contribution in [0.5, 0.6) is 5.75 Å². The highest BCUT2D eigenvalue weighted by Gasteiger charge is 2.31. The number of para-hydroxylation sites is 1. The molecule has 5 nitrogen and oxygen atoms in total. The molecule has 0 heterocycles. The van der Waals surface area contributed by atoms with Crippen molar-refractivity contribution in [3.63, 3.8) is 0 Å². The Labute approximate surface area is 155 Å². The summed E-state index contributed by atoms with van der Waals surface area (Å²) in [5.41, 5.74) is 0.980. The predicted octanol–water partition coefficient (Wildman–Crippen LogP) is 3.18. The van der Waals surface area contributed by atoms with Gasteiger partial charge in [0.25, 0.3) is 0 Å². The van der Waals surface area contributed by atoms with Gasteiger partial charge < -0.3 is 15.4 Å². The molecule has 26 heavy (non-hydrogen) atoms. The Balaban J connectivity index is 1.42. The lowest BCUT2D eigenvalue weighted by molar-refractivity contribution is -0.131. The lowest BCUT2D eigenvalue weighted by Gasteiger charge is -2.28. The Morgan fingerprint density at radius 3 is 2.23 bits per heavy atom. The Hall–Kier alpha value is -2.04. The molecule has 2 fully saturated rings. The molecule has 0 bridgehead atoms. The van der Waals surface area contributed by atoms with E-state index in [1.54, 1.807) is 7.11 Å². The molecule has 1 aromatic rings. The summed E-state index contributed by atoms with van der Waals surface area (Å²) >= 11 is 0. The maximum atomic E-state index is 12.5. The lowest BCUT2D eigenvalue weighted by Crippen LogP contribution is -2.40. The van der Waals surface area contributed by atoms with Crippen molar-refractivity contribution in [1.29, 1.82) is 0 Å². The molecule has 0 atom stereocenters. The molecule has 2 aliphatic rings. The standard InChI is InChI=1S/C21H30N2O3/c1-26-19-9-5-2-6-17(19)14-22-20(24)15-10-12-16(13-11-15)21(25)23-18-7-3-4-8-18/h2,5-6,9,15-16,18H,3-4,7-8,10-14H2,1H3,(H,22,24)(H,23,25). The molecule has 0 aromatic heterocycles. The normalized spacial score (nSPS) is 23.4. The Morgan fingerprint density at radius 2 is 1.58 bits per heavy atom. The quantitative estimate of drug-likeness (QED) is 0.821. The van der Waals surface area contributed by atoms with Gasteiger partial charge in [0.05, 0.1) is 7.11 Å². The van der Waals surface area contributed by atoms with Gasteiger partial charge in [0.15, 0.2) is 0 Å². The van der Waals surface area contributed by atoms with E-state index < -0.39 is 0 Å². The highest BCUT2D eigenvalue weighted by Crippen LogP contribution is 2.30. The molecule has 2 amide bonds. The van der Waals surface area contributed by atoms with Gasteiger partial charge in [-0.2, -0.15) is 0 Å². The van der Waals surface area contributed by atoms with Gasteiger partial charge in [-0.15, -0.1) is 0 Å². The fourth-order valence-corrected chi connectivity index (χ4v) is 4.18. The number of amides is 2. The number of hydrogen-bond acceptors (Lipinski definition) is 3. The monoisotopic (exact) mass is 358 g/mol. The molecule has 2 aliphatic carbocycles. The van der Waals surface area contributed by atoms with Crippen LogP contribution >= 0.6 is 0 Å². The second kappa shape index (κ2) is 9.06. The molecule has 0 radical (unpaired) electrons. The van der Waals surface area contributed by atoms with E-state index in [-0.39, 0.29) is 23.7 Å². The summed E-state index contributed by atoms with van der Waals surface area (Å²) in [6, 6.07) is 8.10. The van der Waals surface area contributed by atoms with Crippen LogP contribution in [0.4, 0.5) is 0 Å². The first-order valence-corrected chi connectivity index (χ1v) is 9.87. The van der Waals surface area contributed by atoms with Gasteiger partial charge in [-0.05, 0) is 44.6 Å². The lowest BCUT2D eigenvalue weighted by atomic mass is 9.81. The van der Waals surface area contributed by atoms with Crippen molar-refractivity contribution in [3.05, 3.63) is 29.8 Å². The van der Waals surface area contributed by atoms with Crippen molar-refractivity contribution < 1.29 is 14.3 Å². The largest absolute Gasteiger partial charge is 0.496 e. The van der Waals surface area contributed by atoms with E-state index in [1.807, 2.05) is 24.3 Å². The molecule has 0 unspecified atom stereocenters. The van der Waals surface area contributed by atoms with Gasteiger partial charge in [0, 0.05) is 30.0 Å². The fourth-order valence-electron chi connectivity index (χ4n) is 4.18. The van der Waals surface area contributed by atoms with Crippen molar-refractivity contribution in [1.82, 2.24) is 10.6 Å². The third kappa shape index (κ3) is 4.77. The first-order chi connectivity index (χ1) is 12.7. The summed E-state index contributed by atoms with van der Waals surface area (Å²) in [6.07, 6.45) is 7.89. The van der Waals surface area contributed by atoms with E-state index in [0.717, 1.165) is 49.8 Å². The molecular formula is C21H30N2O3. The molecule has 0 saturated heterocycles. The molecule has 3 rings (SSSR count). The van der Waals surface area contributed by atoms with Gasteiger partial charge in [0.1, 0.15) is 5.75 Å². The first-order valence-electron chi connectivity index (χ1n) is 9.87. The van der Waals surface area contributed by atoms with E-state index in [2.05, 4.69) is 10.6 Å². The molecule has 142 valence electrons. The van der Waals surface area contributed by atoms with Crippen LogP contribution in [0.3, 0.4) is 0 Å². The Kier molecular flexibility index (Phi) is 6.53. The van der Waals surface area contributed by atoms with Crippen LogP contribution in [0, 0.1) is 11.8 Å². The third-order valence-corrected chi connectivity index (χ3v) is 5.82. The maximum Gasteiger partial charge on any atom is 0.223 e. The number of ether oxygens (including phenoxy) is 1. The van der Waals surface area contributed by atoms with Crippen LogP contribution in [0.25, 0.3) is 0 Å². The Morgan fingerprint density at radius 1 is 0.962 bits per heavy atom. The molecule has 0 aliphatic heterocycles. The van der Waals surface area contributed by atoms with Gasteiger partial charge in [0.2, 0.25) is 11.8 Å². The van der Waals surface area contributed by atoms with Crippen molar-refractivity contribution in [3.8, 4) is 5.75 Å². The van der Waals surface area contributed by atoms with Crippen molar-refractivity contribution in [2.45, 2.75) is 64.0 Å².